The summed E-state index contributed by atoms with van der Waals surface area (Å²) in [5.41, 5.74) is 0.516. The fourth-order valence-electron chi connectivity index (χ4n) is 4.40. The molecule has 110 valence electrons. The summed E-state index contributed by atoms with van der Waals surface area (Å²) in [5, 5.41) is 3.98. The van der Waals surface area contributed by atoms with Crippen LogP contribution in [0, 0.1) is 5.41 Å². The zero-order valence-electron chi connectivity index (χ0n) is 12.8. The number of rotatable bonds is 4. The second kappa shape index (κ2) is 5.34. The lowest BCUT2D eigenvalue weighted by Gasteiger charge is -2.62. The highest BCUT2D eigenvalue weighted by Crippen LogP contribution is 2.57. The Kier molecular flexibility index (Phi) is 3.89. The van der Waals surface area contributed by atoms with Crippen LogP contribution in [-0.4, -0.2) is 49.3 Å². The molecule has 0 aromatic heterocycles. The highest BCUT2D eigenvalue weighted by molar-refractivity contribution is 5.12. The normalized spacial score (nSPS) is 41.8. The van der Waals surface area contributed by atoms with Gasteiger partial charge in [0.05, 0.1) is 6.10 Å². The molecule has 19 heavy (non-hydrogen) atoms. The molecule has 4 unspecified atom stereocenters. The van der Waals surface area contributed by atoms with Crippen molar-refractivity contribution >= 4 is 0 Å². The van der Waals surface area contributed by atoms with E-state index in [-0.39, 0.29) is 0 Å². The standard InChI is InChI=1S/C16H30N2O/c1-4-19-15-11-14(16(15)7-5-8-16)17-13-6-9-18(3)12(2)10-13/h12-15,17H,4-11H2,1-3H3. The first-order valence-corrected chi connectivity index (χ1v) is 8.23. The van der Waals surface area contributed by atoms with Gasteiger partial charge in [0.25, 0.3) is 0 Å². The van der Waals surface area contributed by atoms with Crippen LogP contribution in [0.15, 0.2) is 0 Å². The van der Waals surface area contributed by atoms with E-state index in [4.69, 9.17) is 4.74 Å². The quantitative estimate of drug-likeness (QED) is 0.845. The van der Waals surface area contributed by atoms with Crippen LogP contribution < -0.4 is 5.32 Å². The topological polar surface area (TPSA) is 24.5 Å². The summed E-state index contributed by atoms with van der Waals surface area (Å²) in [6.45, 7) is 6.61. The van der Waals surface area contributed by atoms with Crippen molar-refractivity contribution in [3.63, 3.8) is 0 Å². The maximum Gasteiger partial charge on any atom is 0.0661 e. The zero-order chi connectivity index (χ0) is 13.5. The van der Waals surface area contributed by atoms with Crippen LogP contribution in [-0.2, 0) is 4.74 Å². The van der Waals surface area contributed by atoms with Gasteiger partial charge in [0, 0.05) is 30.1 Å². The number of likely N-dealkylation sites (tertiary alicyclic amines) is 1. The van der Waals surface area contributed by atoms with E-state index in [1.54, 1.807) is 0 Å². The van der Waals surface area contributed by atoms with Gasteiger partial charge >= 0.3 is 0 Å². The van der Waals surface area contributed by atoms with Crippen LogP contribution >= 0.6 is 0 Å². The van der Waals surface area contributed by atoms with Gasteiger partial charge in [-0.05, 0) is 59.5 Å². The van der Waals surface area contributed by atoms with E-state index in [1.807, 2.05) is 0 Å². The zero-order valence-corrected chi connectivity index (χ0v) is 12.8. The first-order chi connectivity index (χ1) is 9.15. The second-order valence-corrected chi connectivity index (χ2v) is 7.04. The molecule has 0 aromatic rings. The molecule has 3 fully saturated rings. The third kappa shape index (κ3) is 2.34. The fourth-order valence-corrected chi connectivity index (χ4v) is 4.40. The highest BCUT2D eigenvalue weighted by atomic mass is 16.5. The molecule has 1 saturated heterocycles. The summed E-state index contributed by atoms with van der Waals surface area (Å²) in [5.74, 6) is 0. The number of nitrogens with zero attached hydrogens (tertiary/aromatic N) is 1. The van der Waals surface area contributed by atoms with Crippen LogP contribution in [0.2, 0.25) is 0 Å². The Morgan fingerprint density at radius 3 is 2.68 bits per heavy atom. The number of piperidine rings is 1. The lowest BCUT2D eigenvalue weighted by molar-refractivity contribution is -0.175. The summed E-state index contributed by atoms with van der Waals surface area (Å²) in [4.78, 5) is 2.49. The number of nitrogens with one attached hydrogen (secondary N) is 1. The molecule has 3 nitrogen and oxygen atoms in total. The predicted molar refractivity (Wildman–Crippen MR) is 78.4 cm³/mol. The molecule has 2 saturated carbocycles. The number of ether oxygens (including phenoxy) is 1. The minimum atomic E-state index is 0.516. The smallest absolute Gasteiger partial charge is 0.0661 e. The Morgan fingerprint density at radius 2 is 2.11 bits per heavy atom. The molecule has 1 heterocycles. The van der Waals surface area contributed by atoms with E-state index < -0.39 is 0 Å². The molecular weight excluding hydrogens is 236 g/mol. The molecule has 3 rings (SSSR count). The van der Waals surface area contributed by atoms with Crippen molar-refractivity contribution in [2.45, 2.75) is 76.6 Å². The number of hydrogen-bond donors (Lipinski definition) is 1. The van der Waals surface area contributed by atoms with Gasteiger partial charge < -0.3 is 15.0 Å². The molecule has 2 aliphatic carbocycles. The van der Waals surface area contributed by atoms with Gasteiger partial charge in [0.1, 0.15) is 0 Å². The minimum Gasteiger partial charge on any atom is -0.378 e. The van der Waals surface area contributed by atoms with Gasteiger partial charge in [0.2, 0.25) is 0 Å². The Bertz CT molecular complexity index is 316. The first-order valence-electron chi connectivity index (χ1n) is 8.23. The minimum absolute atomic E-state index is 0.516. The molecule has 3 aliphatic rings. The van der Waals surface area contributed by atoms with E-state index in [0.29, 0.717) is 11.5 Å². The molecule has 0 radical (unpaired) electrons. The van der Waals surface area contributed by atoms with Crippen molar-refractivity contribution in [1.82, 2.24) is 10.2 Å². The third-order valence-corrected chi connectivity index (χ3v) is 6.08. The Balaban J connectivity index is 1.54. The lowest BCUT2D eigenvalue weighted by atomic mass is 9.51. The van der Waals surface area contributed by atoms with Gasteiger partial charge in [-0.3, -0.25) is 0 Å². The summed E-state index contributed by atoms with van der Waals surface area (Å²) in [7, 11) is 2.25. The van der Waals surface area contributed by atoms with Crippen LogP contribution in [0.25, 0.3) is 0 Å². The average Bonchev–Trinajstić information content (AvgIpc) is 2.30. The highest BCUT2D eigenvalue weighted by Gasteiger charge is 2.59. The molecule has 0 amide bonds. The van der Waals surface area contributed by atoms with E-state index in [1.165, 1.54) is 45.1 Å². The van der Waals surface area contributed by atoms with Crippen molar-refractivity contribution in [1.29, 1.82) is 0 Å². The van der Waals surface area contributed by atoms with E-state index in [9.17, 15) is 0 Å². The van der Waals surface area contributed by atoms with Crippen molar-refractivity contribution in [2.24, 2.45) is 5.41 Å². The van der Waals surface area contributed by atoms with Gasteiger partial charge in [-0.15, -0.1) is 0 Å². The van der Waals surface area contributed by atoms with Gasteiger partial charge in [0.15, 0.2) is 0 Å². The molecule has 0 bridgehead atoms. The monoisotopic (exact) mass is 266 g/mol. The lowest BCUT2D eigenvalue weighted by Crippen LogP contribution is -2.68. The van der Waals surface area contributed by atoms with Crippen LogP contribution in [0.4, 0.5) is 0 Å². The fraction of sp³-hybridized carbons (Fsp3) is 1.00. The largest absolute Gasteiger partial charge is 0.378 e. The molecule has 1 spiro atoms. The van der Waals surface area contributed by atoms with Gasteiger partial charge in [-0.25, -0.2) is 0 Å². The first kappa shape index (κ1) is 13.8. The van der Waals surface area contributed by atoms with Crippen molar-refractivity contribution < 1.29 is 4.74 Å². The maximum atomic E-state index is 5.94. The van der Waals surface area contributed by atoms with Crippen LogP contribution in [0.1, 0.15) is 52.4 Å². The van der Waals surface area contributed by atoms with Crippen LogP contribution in [0.3, 0.4) is 0 Å². The van der Waals surface area contributed by atoms with Gasteiger partial charge in [-0.2, -0.15) is 0 Å². The summed E-state index contributed by atoms with van der Waals surface area (Å²) >= 11 is 0. The Labute approximate surface area is 118 Å². The van der Waals surface area contributed by atoms with Crippen molar-refractivity contribution in [3.05, 3.63) is 0 Å². The Hall–Kier alpha value is -0.120. The van der Waals surface area contributed by atoms with E-state index in [0.717, 1.165) is 24.7 Å². The average molecular weight is 266 g/mol. The SMILES string of the molecule is CCOC1CC(NC2CCN(C)C(C)C2)C12CCC2. The summed E-state index contributed by atoms with van der Waals surface area (Å²) in [6.07, 6.45) is 8.59. The maximum absolute atomic E-state index is 5.94. The molecule has 4 atom stereocenters. The molecule has 3 heteroatoms. The van der Waals surface area contributed by atoms with Gasteiger partial charge in [-0.1, -0.05) is 6.42 Å². The van der Waals surface area contributed by atoms with E-state index in [2.05, 4.69) is 31.1 Å². The summed E-state index contributed by atoms with van der Waals surface area (Å²) in [6, 6.07) is 2.20. The molecule has 1 N–H and O–H groups in total. The third-order valence-electron chi connectivity index (χ3n) is 6.08. The van der Waals surface area contributed by atoms with E-state index >= 15 is 0 Å². The van der Waals surface area contributed by atoms with Crippen molar-refractivity contribution in [3.8, 4) is 0 Å². The molecule has 1 aliphatic heterocycles. The Morgan fingerprint density at radius 1 is 1.32 bits per heavy atom. The summed E-state index contributed by atoms with van der Waals surface area (Å²) < 4.78 is 5.94. The molecule has 0 aromatic carbocycles. The molecular formula is C16H30N2O. The predicted octanol–water partition coefficient (Wildman–Crippen LogP) is 2.41. The van der Waals surface area contributed by atoms with Crippen molar-refractivity contribution in [2.75, 3.05) is 20.2 Å². The number of hydrogen-bond acceptors (Lipinski definition) is 3. The van der Waals surface area contributed by atoms with Crippen LogP contribution in [0.5, 0.6) is 0 Å². The second-order valence-electron chi connectivity index (χ2n) is 7.04.